The summed E-state index contributed by atoms with van der Waals surface area (Å²) in [5, 5.41) is 3.20. The van der Waals surface area contributed by atoms with E-state index in [0.29, 0.717) is 24.3 Å². The van der Waals surface area contributed by atoms with Gasteiger partial charge in [-0.25, -0.2) is 4.39 Å². The number of nitrogens with one attached hydrogen (secondary N) is 1. The third-order valence-electron chi connectivity index (χ3n) is 6.25. The molecule has 0 aromatic heterocycles. The second-order valence-electron chi connectivity index (χ2n) is 8.86. The SMILES string of the molecule is CCC(C(=O)NC1CCCCC1)N(Cc1ccc(C)cc1)C(=O)CSCc1ccccc1F. The lowest BCUT2D eigenvalue weighted by atomic mass is 9.95. The van der Waals surface area contributed by atoms with Gasteiger partial charge >= 0.3 is 0 Å². The topological polar surface area (TPSA) is 49.4 Å². The van der Waals surface area contributed by atoms with Crippen molar-refractivity contribution < 1.29 is 14.0 Å². The normalized spacial score (nSPS) is 15.1. The number of hydrogen-bond donors (Lipinski definition) is 1. The highest BCUT2D eigenvalue weighted by Crippen LogP contribution is 2.21. The zero-order valence-electron chi connectivity index (χ0n) is 19.7. The van der Waals surface area contributed by atoms with Crippen LogP contribution >= 0.6 is 11.8 Å². The number of hydrogen-bond acceptors (Lipinski definition) is 3. The van der Waals surface area contributed by atoms with Crippen molar-refractivity contribution >= 4 is 23.6 Å². The zero-order chi connectivity index (χ0) is 23.6. The summed E-state index contributed by atoms with van der Waals surface area (Å²) in [6.45, 7) is 4.36. The van der Waals surface area contributed by atoms with E-state index >= 15 is 0 Å². The summed E-state index contributed by atoms with van der Waals surface area (Å²) in [5.74, 6) is 0.202. The first kappa shape index (κ1) is 25.3. The molecule has 1 fully saturated rings. The standard InChI is InChI=1S/C27H35FN2O2S/c1-3-25(27(32)29-23-10-5-4-6-11-23)30(17-21-15-13-20(2)14-16-21)26(31)19-33-18-22-9-7-8-12-24(22)28/h7-9,12-16,23,25H,3-6,10-11,17-19H2,1-2H3,(H,29,32). The number of thioether (sulfide) groups is 1. The van der Waals surface area contributed by atoms with Gasteiger partial charge in [0.25, 0.3) is 0 Å². The molecule has 33 heavy (non-hydrogen) atoms. The first-order valence-corrected chi connectivity index (χ1v) is 13.1. The van der Waals surface area contributed by atoms with Gasteiger partial charge in [-0.3, -0.25) is 9.59 Å². The summed E-state index contributed by atoms with van der Waals surface area (Å²) >= 11 is 1.38. The van der Waals surface area contributed by atoms with Crippen molar-refractivity contribution in [2.75, 3.05) is 5.75 Å². The Morgan fingerprint density at radius 2 is 1.79 bits per heavy atom. The number of benzene rings is 2. The van der Waals surface area contributed by atoms with Gasteiger partial charge in [-0.1, -0.05) is 74.2 Å². The molecule has 0 radical (unpaired) electrons. The molecule has 2 aromatic rings. The number of carbonyl (C=O) groups is 2. The molecule has 0 bridgehead atoms. The minimum Gasteiger partial charge on any atom is -0.352 e. The van der Waals surface area contributed by atoms with Crippen molar-refractivity contribution in [1.82, 2.24) is 10.2 Å². The molecular formula is C27H35FN2O2S. The lowest BCUT2D eigenvalue weighted by Crippen LogP contribution is -2.52. The quantitative estimate of drug-likeness (QED) is 0.490. The summed E-state index contributed by atoms with van der Waals surface area (Å²) in [6, 6.07) is 14.4. The van der Waals surface area contributed by atoms with Crippen LogP contribution in [0.2, 0.25) is 0 Å². The summed E-state index contributed by atoms with van der Waals surface area (Å²) < 4.78 is 13.9. The fourth-order valence-electron chi connectivity index (χ4n) is 4.30. The van der Waals surface area contributed by atoms with Crippen LogP contribution in [-0.4, -0.2) is 34.6 Å². The molecule has 1 unspecified atom stereocenters. The van der Waals surface area contributed by atoms with E-state index in [-0.39, 0.29) is 29.4 Å². The van der Waals surface area contributed by atoms with Crippen LogP contribution in [0.4, 0.5) is 4.39 Å². The van der Waals surface area contributed by atoms with Crippen LogP contribution in [0, 0.1) is 12.7 Å². The smallest absolute Gasteiger partial charge is 0.243 e. The lowest BCUT2D eigenvalue weighted by molar-refractivity contribution is -0.139. The molecule has 1 aliphatic rings. The monoisotopic (exact) mass is 470 g/mol. The van der Waals surface area contributed by atoms with Crippen molar-refractivity contribution in [3.8, 4) is 0 Å². The highest BCUT2D eigenvalue weighted by atomic mass is 32.2. The van der Waals surface area contributed by atoms with Crippen LogP contribution in [-0.2, 0) is 21.9 Å². The molecule has 3 rings (SSSR count). The number of carbonyl (C=O) groups excluding carboxylic acids is 2. The van der Waals surface area contributed by atoms with Crippen LogP contribution in [0.1, 0.15) is 62.1 Å². The van der Waals surface area contributed by atoms with Crippen LogP contribution in [0.3, 0.4) is 0 Å². The molecule has 0 heterocycles. The first-order chi connectivity index (χ1) is 16.0. The Hall–Kier alpha value is -2.34. The zero-order valence-corrected chi connectivity index (χ0v) is 20.5. The number of nitrogens with zero attached hydrogens (tertiary/aromatic N) is 1. The molecule has 1 saturated carbocycles. The minimum atomic E-state index is -0.519. The average molecular weight is 471 g/mol. The first-order valence-electron chi connectivity index (χ1n) is 11.9. The Balaban J connectivity index is 1.70. The van der Waals surface area contributed by atoms with E-state index in [2.05, 4.69) is 5.32 Å². The van der Waals surface area contributed by atoms with E-state index in [4.69, 9.17) is 0 Å². The summed E-state index contributed by atoms with van der Waals surface area (Å²) in [5.41, 5.74) is 2.73. The Bertz CT molecular complexity index is 913. The van der Waals surface area contributed by atoms with E-state index in [1.807, 2.05) is 38.1 Å². The van der Waals surface area contributed by atoms with E-state index in [1.165, 1.54) is 24.2 Å². The second-order valence-corrected chi connectivity index (χ2v) is 9.84. The molecule has 1 atom stereocenters. The second kappa shape index (κ2) is 12.8. The van der Waals surface area contributed by atoms with Gasteiger partial charge in [0.1, 0.15) is 11.9 Å². The van der Waals surface area contributed by atoms with Crippen LogP contribution in [0.15, 0.2) is 48.5 Å². The maximum Gasteiger partial charge on any atom is 0.243 e. The van der Waals surface area contributed by atoms with Crippen molar-refractivity contribution in [2.45, 2.75) is 76.8 Å². The molecule has 0 aliphatic heterocycles. The maximum absolute atomic E-state index is 13.9. The molecule has 178 valence electrons. The molecule has 0 saturated heterocycles. The van der Waals surface area contributed by atoms with Gasteiger partial charge in [0, 0.05) is 18.3 Å². The molecule has 2 amide bonds. The summed E-state index contributed by atoms with van der Waals surface area (Å²) in [6.07, 6.45) is 6.06. The molecule has 2 aromatic carbocycles. The highest BCUT2D eigenvalue weighted by Gasteiger charge is 2.30. The van der Waals surface area contributed by atoms with Crippen LogP contribution in [0.25, 0.3) is 0 Å². The maximum atomic E-state index is 13.9. The third-order valence-corrected chi connectivity index (χ3v) is 7.22. The number of amides is 2. The molecular weight excluding hydrogens is 435 g/mol. The number of rotatable bonds is 10. The molecule has 1 aliphatic carbocycles. The fourth-order valence-corrected chi connectivity index (χ4v) is 5.20. The predicted octanol–water partition coefficient (Wildman–Crippen LogP) is 5.62. The van der Waals surface area contributed by atoms with E-state index < -0.39 is 6.04 Å². The van der Waals surface area contributed by atoms with Gasteiger partial charge in [0.15, 0.2) is 0 Å². The Labute approximate surface area is 201 Å². The predicted molar refractivity (Wildman–Crippen MR) is 133 cm³/mol. The van der Waals surface area contributed by atoms with Crippen molar-refractivity contribution in [1.29, 1.82) is 0 Å². The molecule has 4 nitrogen and oxygen atoms in total. The number of halogens is 1. The number of aryl methyl sites for hydroxylation is 1. The average Bonchev–Trinajstić information content (AvgIpc) is 2.82. The van der Waals surface area contributed by atoms with Crippen LogP contribution < -0.4 is 5.32 Å². The van der Waals surface area contributed by atoms with Gasteiger partial charge in [0.2, 0.25) is 11.8 Å². The van der Waals surface area contributed by atoms with E-state index in [0.717, 1.165) is 36.8 Å². The molecule has 6 heteroatoms. The van der Waals surface area contributed by atoms with Crippen molar-refractivity contribution in [3.63, 3.8) is 0 Å². The Morgan fingerprint density at radius 1 is 1.09 bits per heavy atom. The van der Waals surface area contributed by atoms with E-state index in [9.17, 15) is 14.0 Å². The van der Waals surface area contributed by atoms with Crippen LogP contribution in [0.5, 0.6) is 0 Å². The largest absolute Gasteiger partial charge is 0.352 e. The van der Waals surface area contributed by atoms with Gasteiger partial charge in [0.05, 0.1) is 5.75 Å². The van der Waals surface area contributed by atoms with Gasteiger partial charge in [-0.15, -0.1) is 11.8 Å². The summed E-state index contributed by atoms with van der Waals surface area (Å²) in [4.78, 5) is 28.2. The third kappa shape index (κ3) is 7.60. The van der Waals surface area contributed by atoms with Crippen molar-refractivity contribution in [3.05, 3.63) is 71.0 Å². The Morgan fingerprint density at radius 3 is 2.45 bits per heavy atom. The van der Waals surface area contributed by atoms with Crippen molar-refractivity contribution in [2.24, 2.45) is 0 Å². The van der Waals surface area contributed by atoms with Gasteiger partial charge < -0.3 is 10.2 Å². The minimum absolute atomic E-state index is 0.0658. The molecule has 1 N–H and O–H groups in total. The van der Waals surface area contributed by atoms with Gasteiger partial charge in [-0.05, 0) is 43.4 Å². The Kier molecular flexibility index (Phi) is 9.79. The summed E-state index contributed by atoms with van der Waals surface area (Å²) in [7, 11) is 0. The lowest BCUT2D eigenvalue weighted by Gasteiger charge is -2.32. The fraction of sp³-hybridized carbons (Fsp3) is 0.481. The highest BCUT2D eigenvalue weighted by molar-refractivity contribution is 7.99. The molecule has 0 spiro atoms. The van der Waals surface area contributed by atoms with Gasteiger partial charge in [-0.2, -0.15) is 0 Å². The van der Waals surface area contributed by atoms with E-state index in [1.54, 1.807) is 23.1 Å².